The molecular weight excluding hydrogens is 467 g/mol. The van der Waals surface area contributed by atoms with Gasteiger partial charge in [-0.3, -0.25) is 14.8 Å². The first-order valence-electron chi connectivity index (χ1n) is 8.71. The van der Waals surface area contributed by atoms with Gasteiger partial charge >= 0.3 is 6.09 Å². The lowest BCUT2D eigenvalue weighted by atomic mass is 10.1. The molecule has 2 aromatic rings. The molecule has 1 heterocycles. The van der Waals surface area contributed by atoms with Gasteiger partial charge in [-0.05, 0) is 6.42 Å². The summed E-state index contributed by atoms with van der Waals surface area (Å²) in [6.07, 6.45) is -1.89. The molecule has 1 aromatic carbocycles. The molecule has 0 aliphatic carbocycles. The number of amides is 3. The maximum Gasteiger partial charge on any atom is 0.413 e. The molecule has 2 rings (SSSR count). The predicted octanol–water partition coefficient (Wildman–Crippen LogP) is 2.47. The van der Waals surface area contributed by atoms with Crippen LogP contribution >= 0.6 is 11.3 Å². The van der Waals surface area contributed by atoms with Gasteiger partial charge < -0.3 is 10.4 Å². The van der Waals surface area contributed by atoms with Crippen LogP contribution < -0.4 is 15.7 Å². The van der Waals surface area contributed by atoms with Crippen molar-refractivity contribution in [2.24, 2.45) is 0 Å². The van der Waals surface area contributed by atoms with E-state index < -0.39 is 59.1 Å². The van der Waals surface area contributed by atoms with Crippen LogP contribution in [0.5, 0.6) is 0 Å². The van der Waals surface area contributed by atoms with Crippen molar-refractivity contribution in [3.05, 3.63) is 45.7 Å². The number of aromatic nitrogens is 1. The number of carboxylic acid groups (broad SMARTS) is 1. The van der Waals surface area contributed by atoms with Gasteiger partial charge in [0.05, 0.1) is 18.7 Å². The van der Waals surface area contributed by atoms with E-state index in [2.05, 4.69) is 10.3 Å². The first-order valence-corrected chi connectivity index (χ1v) is 9.59. The summed E-state index contributed by atoms with van der Waals surface area (Å²) in [5.74, 6) is -12.3. The summed E-state index contributed by atoms with van der Waals surface area (Å²) in [4.78, 5) is 38.4. The van der Waals surface area contributed by atoms with Crippen LogP contribution in [0, 0.1) is 29.1 Å². The minimum absolute atomic E-state index is 0.0388. The molecule has 0 fully saturated rings. The molecule has 1 aromatic heterocycles. The summed E-state index contributed by atoms with van der Waals surface area (Å²) in [5, 5.41) is 21.1. The number of nitrogens with zero attached hydrogens (tertiary/aromatic N) is 2. The number of halogens is 5. The second-order valence-electron chi connectivity index (χ2n) is 6.20. The lowest BCUT2D eigenvalue weighted by Gasteiger charge is -2.17. The second-order valence-corrected chi connectivity index (χ2v) is 7.04. The molecule has 0 saturated carbocycles. The van der Waals surface area contributed by atoms with Crippen LogP contribution in [0.25, 0.3) is 0 Å². The number of thiazole rings is 1. The van der Waals surface area contributed by atoms with Crippen molar-refractivity contribution in [3.8, 4) is 0 Å². The van der Waals surface area contributed by atoms with Gasteiger partial charge in [0, 0.05) is 23.9 Å². The molecule has 0 spiro atoms. The highest BCUT2D eigenvalue weighted by molar-refractivity contribution is 7.14. The number of nitrogens with one attached hydrogen (secondary N) is 2. The highest BCUT2D eigenvalue weighted by Crippen LogP contribution is 2.28. The summed E-state index contributed by atoms with van der Waals surface area (Å²) < 4.78 is 67.7. The Morgan fingerprint density at radius 3 is 2.16 bits per heavy atom. The van der Waals surface area contributed by atoms with Crippen molar-refractivity contribution in [1.82, 2.24) is 15.8 Å². The molecular formula is C17H15F5N4O5S. The third-order valence-corrected chi connectivity index (χ3v) is 4.90. The highest BCUT2D eigenvalue weighted by atomic mass is 32.1. The maximum absolute atomic E-state index is 13.9. The molecule has 0 saturated heterocycles. The van der Waals surface area contributed by atoms with E-state index in [4.69, 9.17) is 5.21 Å². The Kier molecular flexibility index (Phi) is 8.42. The van der Waals surface area contributed by atoms with Gasteiger partial charge in [-0.2, -0.15) is 0 Å². The van der Waals surface area contributed by atoms with Crippen molar-refractivity contribution in [2.75, 3.05) is 11.4 Å². The zero-order valence-corrected chi connectivity index (χ0v) is 16.7. The van der Waals surface area contributed by atoms with E-state index in [0.717, 1.165) is 0 Å². The van der Waals surface area contributed by atoms with Crippen molar-refractivity contribution >= 4 is 34.4 Å². The Bertz CT molecular complexity index is 1010. The number of rotatable bonds is 9. The second kappa shape index (κ2) is 10.8. The number of carbonyl (C=O) groups excluding carboxylic acids is 2. The molecule has 0 bridgehead atoms. The van der Waals surface area contributed by atoms with Crippen LogP contribution in [0.1, 0.15) is 24.1 Å². The van der Waals surface area contributed by atoms with Crippen LogP contribution in [-0.2, 0) is 22.6 Å². The summed E-state index contributed by atoms with van der Waals surface area (Å²) in [6, 6.07) is 0. The zero-order chi connectivity index (χ0) is 24.0. The van der Waals surface area contributed by atoms with Gasteiger partial charge in [-0.15, -0.1) is 11.3 Å². The fourth-order valence-corrected chi connectivity index (χ4v) is 3.24. The summed E-state index contributed by atoms with van der Waals surface area (Å²) in [5.41, 5.74) is 0.155. The van der Waals surface area contributed by atoms with Gasteiger partial charge in [0.1, 0.15) is 0 Å². The van der Waals surface area contributed by atoms with E-state index in [9.17, 15) is 41.4 Å². The van der Waals surface area contributed by atoms with Gasteiger partial charge in [0.2, 0.25) is 17.6 Å². The fraction of sp³-hybridized carbons (Fsp3) is 0.294. The zero-order valence-electron chi connectivity index (χ0n) is 15.9. The Hall–Kier alpha value is -3.33. The largest absolute Gasteiger partial charge is 0.465 e. The van der Waals surface area contributed by atoms with Crippen LogP contribution in [0.4, 0.5) is 31.9 Å². The van der Waals surface area contributed by atoms with E-state index in [0.29, 0.717) is 11.3 Å². The van der Waals surface area contributed by atoms with E-state index in [1.165, 1.54) is 10.9 Å². The van der Waals surface area contributed by atoms with Crippen LogP contribution in [0.2, 0.25) is 0 Å². The molecule has 0 atom stereocenters. The van der Waals surface area contributed by atoms with Gasteiger partial charge in [0.25, 0.3) is 0 Å². The lowest BCUT2D eigenvalue weighted by molar-refractivity contribution is -0.129. The van der Waals surface area contributed by atoms with E-state index in [1.807, 2.05) is 0 Å². The van der Waals surface area contributed by atoms with Gasteiger partial charge in [-0.1, -0.05) is 0 Å². The molecule has 174 valence electrons. The average Bonchev–Trinajstić information content (AvgIpc) is 3.21. The summed E-state index contributed by atoms with van der Waals surface area (Å²) in [6.45, 7) is -1.11. The average molecular weight is 482 g/mol. The topological polar surface area (TPSA) is 132 Å². The molecule has 0 radical (unpaired) electrons. The molecule has 9 nitrogen and oxygen atoms in total. The van der Waals surface area contributed by atoms with Gasteiger partial charge in [0.15, 0.2) is 28.4 Å². The van der Waals surface area contributed by atoms with E-state index in [-0.39, 0.29) is 41.5 Å². The number of benzene rings is 1. The normalized spacial score (nSPS) is 10.7. The molecule has 0 aliphatic heterocycles. The number of hydrogen-bond donors (Lipinski definition) is 4. The number of carbonyl (C=O) groups is 3. The maximum atomic E-state index is 13.9. The van der Waals surface area contributed by atoms with Crippen LogP contribution in [-0.4, -0.2) is 39.8 Å². The summed E-state index contributed by atoms with van der Waals surface area (Å²) >= 11 is 0.673. The van der Waals surface area contributed by atoms with Gasteiger partial charge in [-0.25, -0.2) is 42.1 Å². The SMILES string of the molecule is O=C(CCCNC(=O)Cc1csc(N(Cc2c(F)c(F)c(F)c(F)c2F)C(=O)O)n1)NO. The first-order chi connectivity index (χ1) is 15.1. The monoisotopic (exact) mass is 482 g/mol. The van der Waals surface area contributed by atoms with E-state index in [1.54, 1.807) is 0 Å². The van der Waals surface area contributed by atoms with Crippen LogP contribution in [0.3, 0.4) is 0 Å². The smallest absolute Gasteiger partial charge is 0.413 e. The predicted molar refractivity (Wildman–Crippen MR) is 98.4 cm³/mol. The summed E-state index contributed by atoms with van der Waals surface area (Å²) in [7, 11) is 0. The highest BCUT2D eigenvalue weighted by Gasteiger charge is 2.29. The molecule has 0 aliphatic rings. The third kappa shape index (κ3) is 5.88. The lowest BCUT2D eigenvalue weighted by Crippen LogP contribution is -2.30. The van der Waals surface area contributed by atoms with Crippen molar-refractivity contribution < 1.29 is 46.6 Å². The van der Waals surface area contributed by atoms with Crippen LogP contribution in [0.15, 0.2) is 5.38 Å². The minimum atomic E-state index is -2.37. The Balaban J connectivity index is 2.10. The minimum Gasteiger partial charge on any atom is -0.465 e. The molecule has 3 amide bonds. The van der Waals surface area contributed by atoms with E-state index >= 15 is 0 Å². The van der Waals surface area contributed by atoms with Crippen molar-refractivity contribution in [3.63, 3.8) is 0 Å². The Morgan fingerprint density at radius 1 is 1.00 bits per heavy atom. The van der Waals surface area contributed by atoms with Crippen molar-refractivity contribution in [2.45, 2.75) is 25.8 Å². The number of hydroxylamine groups is 1. The number of anilines is 1. The molecule has 15 heteroatoms. The first kappa shape index (κ1) is 24.9. The Labute approximate surface area is 180 Å². The quantitative estimate of drug-likeness (QED) is 0.108. The molecule has 32 heavy (non-hydrogen) atoms. The molecule has 4 N–H and O–H groups in total. The van der Waals surface area contributed by atoms with Crippen molar-refractivity contribution in [1.29, 1.82) is 0 Å². The third-order valence-electron chi connectivity index (χ3n) is 3.99. The fourth-order valence-electron chi connectivity index (χ4n) is 2.43. The number of hydrogen-bond acceptors (Lipinski definition) is 6. The Morgan fingerprint density at radius 2 is 1.59 bits per heavy atom. The molecule has 0 unspecified atom stereocenters. The standard InChI is InChI=1S/C17H15F5N4O5S/c18-11-8(12(19)14(21)15(22)13(11)20)5-26(17(29)30)16-24-7(6-32-16)4-10(28)23-3-1-2-9(27)25-31/h6,31H,1-5H2,(H,23,28)(H,25,27)(H,29,30).